The molecule has 3 rings (SSSR count). The second-order valence-electron chi connectivity index (χ2n) is 5.08. The van der Waals surface area contributed by atoms with Crippen LogP contribution in [-0.4, -0.2) is 48.8 Å². The molecule has 0 aliphatic carbocycles. The van der Waals surface area contributed by atoms with Crippen LogP contribution >= 0.6 is 49.0 Å². The lowest BCUT2D eigenvalue weighted by atomic mass is 10.2. The maximum atomic E-state index is 5.86. The number of thioether (sulfide) groups is 1. The third-order valence-electron chi connectivity index (χ3n) is 3.69. The Morgan fingerprint density at radius 1 is 1.23 bits per heavy atom. The van der Waals surface area contributed by atoms with Crippen molar-refractivity contribution >= 4 is 54.7 Å². The lowest BCUT2D eigenvalue weighted by Crippen LogP contribution is -2.32. The van der Waals surface area contributed by atoms with E-state index in [1.54, 1.807) is 0 Å². The number of nitrogens with one attached hydrogen (secondary N) is 1. The minimum Gasteiger partial charge on any atom is -0.490 e. The molecule has 0 bridgehead atoms. The Bertz CT molecular complexity index is 416. The molecule has 2 saturated heterocycles. The molecule has 8 heteroatoms. The SMILES string of the molecule is Cl.Cl.Cl.c1ncc(N2CCSCC2)cc1OC[C@@H]1CCCN1. The average Bonchev–Trinajstić information content (AvgIpc) is 3.00. The van der Waals surface area contributed by atoms with Crippen molar-refractivity contribution in [3.8, 4) is 5.75 Å². The summed E-state index contributed by atoms with van der Waals surface area (Å²) in [6.45, 7) is 4.10. The third-order valence-corrected chi connectivity index (χ3v) is 4.63. The highest BCUT2D eigenvalue weighted by Crippen LogP contribution is 2.23. The molecular formula is C14H24Cl3N3OS. The van der Waals surface area contributed by atoms with Crippen LogP contribution in [0.5, 0.6) is 5.75 Å². The van der Waals surface area contributed by atoms with E-state index in [-0.39, 0.29) is 37.2 Å². The van der Waals surface area contributed by atoms with E-state index in [1.165, 1.54) is 30.0 Å². The lowest BCUT2D eigenvalue weighted by Gasteiger charge is -2.28. The summed E-state index contributed by atoms with van der Waals surface area (Å²) in [6.07, 6.45) is 6.24. The third kappa shape index (κ3) is 6.20. The molecule has 0 amide bonds. The van der Waals surface area contributed by atoms with Crippen molar-refractivity contribution < 1.29 is 4.74 Å². The van der Waals surface area contributed by atoms with Gasteiger partial charge in [0.25, 0.3) is 0 Å². The fourth-order valence-corrected chi connectivity index (χ4v) is 3.48. The Labute approximate surface area is 155 Å². The van der Waals surface area contributed by atoms with Gasteiger partial charge in [0.1, 0.15) is 12.4 Å². The molecule has 1 atom stereocenters. The number of hydrogen-bond donors (Lipinski definition) is 1. The fourth-order valence-electron chi connectivity index (χ4n) is 2.58. The first-order valence-electron chi connectivity index (χ1n) is 7.06. The summed E-state index contributed by atoms with van der Waals surface area (Å²) in [5, 5.41) is 3.45. The van der Waals surface area contributed by atoms with Crippen molar-refractivity contribution in [3.05, 3.63) is 18.5 Å². The second kappa shape index (κ2) is 11.5. The molecule has 1 N–H and O–H groups in total. The number of pyridine rings is 1. The number of hydrogen-bond acceptors (Lipinski definition) is 5. The van der Waals surface area contributed by atoms with Crippen molar-refractivity contribution in [2.45, 2.75) is 18.9 Å². The van der Waals surface area contributed by atoms with Gasteiger partial charge >= 0.3 is 0 Å². The summed E-state index contributed by atoms with van der Waals surface area (Å²) in [5.41, 5.74) is 1.19. The highest BCUT2D eigenvalue weighted by Gasteiger charge is 2.15. The van der Waals surface area contributed by atoms with Gasteiger partial charge in [0, 0.05) is 36.7 Å². The van der Waals surface area contributed by atoms with E-state index in [4.69, 9.17) is 4.74 Å². The molecule has 0 unspecified atom stereocenters. The van der Waals surface area contributed by atoms with Crippen LogP contribution in [0.3, 0.4) is 0 Å². The number of rotatable bonds is 4. The molecule has 0 aromatic carbocycles. The molecule has 4 nitrogen and oxygen atoms in total. The van der Waals surface area contributed by atoms with Gasteiger partial charge in [-0.2, -0.15) is 11.8 Å². The zero-order valence-electron chi connectivity index (χ0n) is 12.4. The van der Waals surface area contributed by atoms with E-state index in [2.05, 4.69) is 21.3 Å². The van der Waals surface area contributed by atoms with Crippen LogP contribution in [0.4, 0.5) is 5.69 Å². The summed E-state index contributed by atoms with van der Waals surface area (Å²) in [7, 11) is 0. The quantitative estimate of drug-likeness (QED) is 0.858. The molecule has 0 saturated carbocycles. The van der Waals surface area contributed by atoms with Crippen LogP contribution < -0.4 is 15.0 Å². The molecule has 2 aliphatic rings. The molecule has 0 radical (unpaired) electrons. The maximum Gasteiger partial charge on any atom is 0.139 e. The Morgan fingerprint density at radius 3 is 2.68 bits per heavy atom. The maximum absolute atomic E-state index is 5.86. The minimum absolute atomic E-state index is 0. The van der Waals surface area contributed by atoms with Crippen LogP contribution in [0, 0.1) is 0 Å². The first kappa shape index (κ1) is 21.9. The predicted molar refractivity (Wildman–Crippen MR) is 102 cm³/mol. The molecule has 1 aromatic heterocycles. The van der Waals surface area contributed by atoms with E-state index < -0.39 is 0 Å². The summed E-state index contributed by atoms with van der Waals surface area (Å²) in [5.74, 6) is 3.30. The van der Waals surface area contributed by atoms with Gasteiger partial charge in [0.15, 0.2) is 0 Å². The summed E-state index contributed by atoms with van der Waals surface area (Å²) in [6, 6.07) is 2.63. The van der Waals surface area contributed by atoms with Crippen molar-refractivity contribution in [1.82, 2.24) is 10.3 Å². The number of ether oxygens (including phenoxy) is 1. The van der Waals surface area contributed by atoms with E-state index in [9.17, 15) is 0 Å². The van der Waals surface area contributed by atoms with Gasteiger partial charge in [-0.3, -0.25) is 4.98 Å². The first-order chi connectivity index (χ1) is 9.42. The van der Waals surface area contributed by atoms with Gasteiger partial charge in [-0.1, -0.05) is 0 Å². The van der Waals surface area contributed by atoms with E-state index in [1.807, 2.05) is 24.2 Å². The smallest absolute Gasteiger partial charge is 0.139 e. The first-order valence-corrected chi connectivity index (χ1v) is 8.21. The van der Waals surface area contributed by atoms with Gasteiger partial charge in [0.2, 0.25) is 0 Å². The van der Waals surface area contributed by atoms with Gasteiger partial charge in [-0.25, -0.2) is 0 Å². The molecule has 3 heterocycles. The zero-order valence-corrected chi connectivity index (χ0v) is 15.7. The Balaban J connectivity index is 0.00000147. The Hall–Kier alpha value is -0.0700. The Morgan fingerprint density at radius 2 is 2.00 bits per heavy atom. The average molecular weight is 389 g/mol. The predicted octanol–water partition coefficient (Wildman–Crippen LogP) is 3.03. The van der Waals surface area contributed by atoms with E-state index in [0.717, 1.165) is 32.0 Å². The van der Waals surface area contributed by atoms with Crippen molar-refractivity contribution in [1.29, 1.82) is 0 Å². The highest BCUT2D eigenvalue weighted by molar-refractivity contribution is 7.99. The number of halogens is 3. The van der Waals surface area contributed by atoms with Crippen LogP contribution in [0.15, 0.2) is 18.5 Å². The number of nitrogens with zero attached hydrogens (tertiary/aromatic N) is 2. The summed E-state index contributed by atoms with van der Waals surface area (Å²) >= 11 is 2.02. The largest absolute Gasteiger partial charge is 0.490 e. The van der Waals surface area contributed by atoms with Crippen LogP contribution in [0.25, 0.3) is 0 Å². The molecule has 1 aromatic rings. The topological polar surface area (TPSA) is 37.4 Å². The Kier molecular flexibility index (Phi) is 11.4. The van der Waals surface area contributed by atoms with Crippen LogP contribution in [0.2, 0.25) is 0 Å². The zero-order chi connectivity index (χ0) is 12.9. The van der Waals surface area contributed by atoms with Crippen LogP contribution in [-0.2, 0) is 0 Å². The summed E-state index contributed by atoms with van der Waals surface area (Å²) < 4.78 is 5.86. The number of aromatic nitrogens is 1. The van der Waals surface area contributed by atoms with Crippen LogP contribution in [0.1, 0.15) is 12.8 Å². The standard InChI is InChI=1S/C14H21N3OS.3ClH/c1-2-12(16-3-1)11-18-14-8-13(9-15-10-14)17-4-6-19-7-5-17;;;/h8-10,12,16H,1-7,11H2;3*1H/t12-;;;/m0.../s1. The van der Waals surface area contributed by atoms with Gasteiger partial charge in [-0.05, 0) is 19.4 Å². The normalized spacial score (nSPS) is 20.4. The van der Waals surface area contributed by atoms with Crippen molar-refractivity contribution in [2.24, 2.45) is 0 Å². The number of anilines is 1. The molecule has 128 valence electrons. The summed E-state index contributed by atoms with van der Waals surface area (Å²) in [4.78, 5) is 6.70. The molecule has 2 aliphatic heterocycles. The van der Waals surface area contributed by atoms with E-state index in [0.29, 0.717) is 6.04 Å². The molecule has 22 heavy (non-hydrogen) atoms. The minimum atomic E-state index is 0. The lowest BCUT2D eigenvalue weighted by molar-refractivity contribution is 0.276. The molecular weight excluding hydrogens is 365 g/mol. The van der Waals surface area contributed by atoms with Gasteiger partial charge in [-0.15, -0.1) is 37.2 Å². The van der Waals surface area contributed by atoms with Crippen molar-refractivity contribution in [2.75, 3.05) is 42.6 Å². The molecule has 0 spiro atoms. The second-order valence-corrected chi connectivity index (χ2v) is 6.31. The van der Waals surface area contributed by atoms with Gasteiger partial charge < -0.3 is 15.0 Å². The monoisotopic (exact) mass is 387 g/mol. The fraction of sp³-hybridized carbons (Fsp3) is 0.643. The molecule has 2 fully saturated rings. The van der Waals surface area contributed by atoms with Crippen molar-refractivity contribution in [3.63, 3.8) is 0 Å². The van der Waals surface area contributed by atoms with E-state index >= 15 is 0 Å². The van der Waals surface area contributed by atoms with Gasteiger partial charge in [0.05, 0.1) is 18.1 Å². The highest BCUT2D eigenvalue weighted by atomic mass is 35.5.